The average molecular weight is 355 g/mol. The zero-order chi connectivity index (χ0) is 16.2. The Morgan fingerprint density at radius 1 is 1.17 bits per heavy atom. The molecular weight excluding hydrogens is 338 g/mol. The number of aryl methyl sites for hydroxylation is 1. The summed E-state index contributed by atoms with van der Waals surface area (Å²) >= 11 is 0. The van der Waals surface area contributed by atoms with Crippen molar-refractivity contribution >= 4 is 12.4 Å². The summed E-state index contributed by atoms with van der Waals surface area (Å²) in [6.07, 6.45) is 8.16. The highest BCUT2D eigenvalue weighted by molar-refractivity contribution is 5.85. The van der Waals surface area contributed by atoms with Gasteiger partial charge < -0.3 is 13.9 Å². The molecule has 0 saturated carbocycles. The van der Waals surface area contributed by atoms with Crippen molar-refractivity contribution in [1.82, 2.24) is 19.1 Å². The Bertz CT molecular complexity index is 770. The lowest BCUT2D eigenvalue weighted by molar-refractivity contribution is -0.0498. The lowest BCUT2D eigenvalue weighted by Crippen LogP contribution is -2.03. The Labute approximate surface area is 144 Å². The largest absolute Gasteiger partial charge is 0.435 e. The molecule has 3 aromatic rings. The molecule has 24 heavy (non-hydrogen) atoms. The Morgan fingerprint density at radius 2 is 1.92 bits per heavy atom. The van der Waals surface area contributed by atoms with Gasteiger partial charge in [0.2, 0.25) is 0 Å². The minimum Gasteiger partial charge on any atom is -0.435 e. The first-order valence-corrected chi connectivity index (χ1v) is 7.24. The summed E-state index contributed by atoms with van der Waals surface area (Å²) in [4.78, 5) is 8.66. The smallest absolute Gasteiger partial charge is 0.387 e. The number of alkyl halides is 2. The average Bonchev–Trinajstić information content (AvgIpc) is 3.17. The van der Waals surface area contributed by atoms with Crippen molar-refractivity contribution in [2.75, 3.05) is 0 Å². The van der Waals surface area contributed by atoms with Gasteiger partial charge in [0.15, 0.2) is 0 Å². The second-order valence-electron chi connectivity index (χ2n) is 4.97. The predicted octanol–water partition coefficient (Wildman–Crippen LogP) is 3.70. The number of benzene rings is 1. The Hall–Kier alpha value is -2.41. The second-order valence-corrected chi connectivity index (χ2v) is 4.97. The lowest BCUT2D eigenvalue weighted by atomic mass is 10.3. The van der Waals surface area contributed by atoms with Crippen molar-refractivity contribution in [3.63, 3.8) is 0 Å². The van der Waals surface area contributed by atoms with Crippen molar-refractivity contribution in [2.24, 2.45) is 0 Å². The molecule has 2 aromatic heterocycles. The molecule has 0 unspecified atom stereocenters. The quantitative estimate of drug-likeness (QED) is 0.678. The van der Waals surface area contributed by atoms with Crippen molar-refractivity contribution in [3.8, 4) is 11.4 Å². The first-order chi connectivity index (χ1) is 11.2. The SMILES string of the molecule is CCc1nccn1Cc1cn(-c2ccc(OC(F)F)cc2)cn1.Cl. The molecular formula is C16H17ClF2N4O. The van der Waals surface area contributed by atoms with Gasteiger partial charge in [-0.15, -0.1) is 12.4 Å². The molecule has 0 aliphatic carbocycles. The molecule has 0 N–H and O–H groups in total. The van der Waals surface area contributed by atoms with E-state index in [1.54, 1.807) is 24.7 Å². The number of halogens is 3. The summed E-state index contributed by atoms with van der Waals surface area (Å²) in [7, 11) is 0. The number of nitrogens with zero attached hydrogens (tertiary/aromatic N) is 4. The van der Waals surface area contributed by atoms with Crippen LogP contribution >= 0.6 is 12.4 Å². The molecule has 0 spiro atoms. The third-order valence-corrected chi connectivity index (χ3v) is 3.45. The fraction of sp³-hybridized carbons (Fsp3) is 0.250. The van der Waals surface area contributed by atoms with Gasteiger partial charge in [0.05, 0.1) is 18.6 Å². The van der Waals surface area contributed by atoms with E-state index >= 15 is 0 Å². The zero-order valence-corrected chi connectivity index (χ0v) is 13.8. The summed E-state index contributed by atoms with van der Waals surface area (Å²) in [6.45, 7) is -0.118. The van der Waals surface area contributed by atoms with Crippen LogP contribution in [-0.4, -0.2) is 25.7 Å². The molecule has 0 radical (unpaired) electrons. The van der Waals surface area contributed by atoms with Crippen LogP contribution in [0.25, 0.3) is 5.69 Å². The highest BCUT2D eigenvalue weighted by Gasteiger charge is 2.07. The van der Waals surface area contributed by atoms with Crippen LogP contribution in [0.4, 0.5) is 8.78 Å². The summed E-state index contributed by atoms with van der Waals surface area (Å²) < 4.78 is 32.5. The van der Waals surface area contributed by atoms with Gasteiger partial charge in [-0.1, -0.05) is 6.92 Å². The monoisotopic (exact) mass is 354 g/mol. The minimum atomic E-state index is -2.82. The summed E-state index contributed by atoms with van der Waals surface area (Å²) in [6, 6.07) is 6.42. The van der Waals surface area contributed by atoms with E-state index in [-0.39, 0.29) is 18.2 Å². The summed E-state index contributed by atoms with van der Waals surface area (Å²) in [5.41, 5.74) is 1.72. The van der Waals surface area contributed by atoms with Gasteiger partial charge in [0.1, 0.15) is 11.6 Å². The Morgan fingerprint density at radius 3 is 2.58 bits per heavy atom. The molecule has 3 rings (SSSR count). The molecule has 0 aliphatic heterocycles. The maximum atomic E-state index is 12.1. The van der Waals surface area contributed by atoms with Crippen molar-refractivity contribution < 1.29 is 13.5 Å². The topological polar surface area (TPSA) is 44.9 Å². The van der Waals surface area contributed by atoms with Crippen LogP contribution in [0.15, 0.2) is 49.2 Å². The molecule has 0 amide bonds. The van der Waals surface area contributed by atoms with Gasteiger partial charge in [-0.3, -0.25) is 0 Å². The van der Waals surface area contributed by atoms with Crippen LogP contribution in [0, 0.1) is 0 Å². The Kier molecular flexibility index (Phi) is 5.92. The molecule has 128 valence electrons. The predicted molar refractivity (Wildman–Crippen MR) is 88.2 cm³/mol. The normalized spacial score (nSPS) is 10.7. The molecule has 8 heteroatoms. The highest BCUT2D eigenvalue weighted by Crippen LogP contribution is 2.18. The number of rotatable bonds is 6. The molecule has 0 fully saturated rings. The van der Waals surface area contributed by atoms with Crippen LogP contribution in [0.1, 0.15) is 18.4 Å². The van der Waals surface area contributed by atoms with E-state index in [0.717, 1.165) is 23.6 Å². The molecule has 0 aliphatic rings. The standard InChI is InChI=1S/C16H16F2N4O.ClH/c1-2-15-19-7-8-21(15)9-12-10-22(11-20-12)13-3-5-14(6-4-13)23-16(17)18;/h3-8,10-11,16H,2,9H2,1H3;1H. The number of imidazole rings is 2. The van der Waals surface area contributed by atoms with Gasteiger partial charge in [-0.25, -0.2) is 9.97 Å². The van der Waals surface area contributed by atoms with Gasteiger partial charge in [0, 0.05) is 30.7 Å². The van der Waals surface area contributed by atoms with E-state index in [1.807, 2.05) is 21.5 Å². The summed E-state index contributed by atoms with van der Waals surface area (Å²) in [5.74, 6) is 1.14. The van der Waals surface area contributed by atoms with Crippen LogP contribution in [0.5, 0.6) is 5.75 Å². The summed E-state index contributed by atoms with van der Waals surface area (Å²) in [5, 5.41) is 0. The first kappa shape index (κ1) is 17.9. The van der Waals surface area contributed by atoms with Gasteiger partial charge in [0.25, 0.3) is 0 Å². The van der Waals surface area contributed by atoms with Crippen LogP contribution in [0.2, 0.25) is 0 Å². The molecule has 1 aromatic carbocycles. The minimum absolute atomic E-state index is 0. The van der Waals surface area contributed by atoms with Crippen LogP contribution in [0.3, 0.4) is 0 Å². The van der Waals surface area contributed by atoms with E-state index in [4.69, 9.17) is 0 Å². The molecule has 0 atom stereocenters. The highest BCUT2D eigenvalue weighted by atomic mass is 35.5. The first-order valence-electron chi connectivity index (χ1n) is 7.24. The van der Waals surface area contributed by atoms with Gasteiger partial charge in [-0.05, 0) is 24.3 Å². The second kappa shape index (κ2) is 7.92. The van der Waals surface area contributed by atoms with Crippen LogP contribution < -0.4 is 4.74 Å². The fourth-order valence-electron chi connectivity index (χ4n) is 2.36. The van der Waals surface area contributed by atoms with E-state index in [0.29, 0.717) is 6.54 Å². The number of hydrogen-bond donors (Lipinski definition) is 0. The van der Waals surface area contributed by atoms with E-state index in [2.05, 4.69) is 21.6 Å². The third kappa shape index (κ3) is 4.11. The third-order valence-electron chi connectivity index (χ3n) is 3.45. The maximum Gasteiger partial charge on any atom is 0.387 e. The van der Waals surface area contributed by atoms with Crippen molar-refractivity contribution in [3.05, 3.63) is 60.7 Å². The number of hydrogen-bond acceptors (Lipinski definition) is 3. The van der Waals surface area contributed by atoms with Gasteiger partial charge >= 0.3 is 6.61 Å². The fourth-order valence-corrected chi connectivity index (χ4v) is 2.36. The van der Waals surface area contributed by atoms with Crippen molar-refractivity contribution in [1.29, 1.82) is 0 Å². The number of aromatic nitrogens is 4. The molecule has 2 heterocycles. The molecule has 0 bridgehead atoms. The number of ether oxygens (including phenoxy) is 1. The van der Waals surface area contributed by atoms with E-state index in [1.165, 1.54) is 12.1 Å². The van der Waals surface area contributed by atoms with Crippen LogP contribution in [-0.2, 0) is 13.0 Å². The van der Waals surface area contributed by atoms with Gasteiger partial charge in [-0.2, -0.15) is 8.78 Å². The van der Waals surface area contributed by atoms with E-state index in [9.17, 15) is 8.78 Å². The zero-order valence-electron chi connectivity index (χ0n) is 13.0. The van der Waals surface area contributed by atoms with E-state index < -0.39 is 6.61 Å². The Balaban J connectivity index is 0.00000208. The lowest BCUT2D eigenvalue weighted by Gasteiger charge is -2.06. The molecule has 5 nitrogen and oxygen atoms in total. The molecule has 0 saturated heterocycles. The van der Waals surface area contributed by atoms with Crippen molar-refractivity contribution in [2.45, 2.75) is 26.5 Å². The maximum absolute atomic E-state index is 12.1.